The van der Waals surface area contributed by atoms with Crippen LogP contribution in [0.5, 0.6) is 0 Å². The Hall–Kier alpha value is -13.9. The van der Waals surface area contributed by atoms with Gasteiger partial charge in [-0.3, -0.25) is 0 Å². The van der Waals surface area contributed by atoms with Crippen LogP contribution in [0.1, 0.15) is 74.9 Å². The Balaban J connectivity index is 0.000000157. The molecule has 23 rings (SSSR count). The third-order valence-corrected chi connectivity index (χ3v) is 27.6. The van der Waals surface area contributed by atoms with Crippen molar-refractivity contribution in [3.63, 3.8) is 0 Å². The summed E-state index contributed by atoms with van der Waals surface area (Å²) in [4.78, 5) is 4.32. The molecule has 0 aromatic heterocycles. The number of halogens is 5. The number of nitrogens with zero attached hydrogens (tertiary/aromatic N) is 2. The highest BCUT2D eigenvalue weighted by molar-refractivity contribution is 9.11. The second-order valence-corrected chi connectivity index (χ2v) is 36.1. The van der Waals surface area contributed by atoms with Crippen LogP contribution in [-0.4, -0.2) is 0 Å². The minimum Gasteiger partial charge on any atom is -0.353 e. The summed E-state index contributed by atoms with van der Waals surface area (Å²) in [5.74, 6) is -0.913. The molecule has 3 aliphatic rings. The number of benzene rings is 20. The van der Waals surface area contributed by atoms with Gasteiger partial charge in [0.2, 0.25) is 0 Å². The largest absolute Gasteiger partial charge is 0.353 e. The van der Waals surface area contributed by atoms with Gasteiger partial charge in [-0.15, -0.1) is 0 Å². The molecule has 3 aliphatic carbocycles. The first kappa shape index (κ1) is 78.4. The summed E-state index contributed by atoms with van der Waals surface area (Å²) in [5.41, 5.74) is 24.9. The first-order chi connectivity index (χ1) is 60.9. The molecular weight excluding hydrogens is 1660 g/mol. The molecule has 125 heavy (non-hydrogen) atoms. The highest BCUT2D eigenvalue weighted by atomic mass is 79.9. The zero-order valence-corrected chi connectivity index (χ0v) is 73.0. The highest BCUT2D eigenvalue weighted by Gasteiger charge is 2.42. The molecule has 0 saturated carbocycles. The van der Waals surface area contributed by atoms with Crippen LogP contribution in [0.25, 0.3) is 131 Å². The minimum atomic E-state index is -0.329. The molecule has 20 aromatic carbocycles. The maximum absolute atomic E-state index is 17.7. The fraction of sp³-hybridized carbons (Fsp3) is 0.0769. The van der Waals surface area contributed by atoms with Crippen molar-refractivity contribution >= 4 is 142 Å². The monoisotopic (exact) mass is 1750 g/mol. The first-order valence-corrected chi connectivity index (χ1v) is 44.2. The molecule has 3 nitrogen and oxygen atoms in total. The van der Waals surface area contributed by atoms with Gasteiger partial charge >= 0.3 is 0 Å². The molecule has 1 N–H and O–H groups in total. The predicted octanol–water partition coefficient (Wildman–Crippen LogP) is 34.5. The van der Waals surface area contributed by atoms with E-state index in [1.807, 2.05) is 140 Å². The summed E-state index contributed by atoms with van der Waals surface area (Å²) in [5, 5.41) is 16.9. The van der Waals surface area contributed by atoms with Crippen LogP contribution < -0.4 is 15.1 Å². The van der Waals surface area contributed by atoms with Gasteiger partial charge in [-0.05, 0) is 216 Å². The Kier molecular flexibility index (Phi) is 19.5. The SMILES string of the molecule is Brc1cc2c3ccccc3c(Br)cc2c2ccccc12.CC1(C)c2ccccc2-c2c(N(c3ccc(-c4ccccc4)cc3F)c3cc4c5ccccc5c(N(c5ccc(-c6ccccc6)cc5F)c5cccc6c5-c5ccccc5C6(C)C)cc4c4ccccc34)cccc21.CC1(C)c2ccccc2-c2c(Nc3ccc(-c4ccccc4)cc3F)cccc21. The van der Waals surface area contributed by atoms with Crippen molar-refractivity contribution in [2.45, 2.75) is 57.8 Å². The van der Waals surface area contributed by atoms with Crippen molar-refractivity contribution < 1.29 is 13.2 Å². The third kappa shape index (κ3) is 13.2. The van der Waals surface area contributed by atoms with Gasteiger partial charge < -0.3 is 15.1 Å². The van der Waals surface area contributed by atoms with Gasteiger partial charge in [0.1, 0.15) is 17.5 Å². The number of nitrogens with one attached hydrogen (secondary N) is 1. The van der Waals surface area contributed by atoms with E-state index in [0.717, 1.165) is 125 Å². The summed E-state index contributed by atoms with van der Waals surface area (Å²) in [6.45, 7) is 13.6. The van der Waals surface area contributed by atoms with Crippen LogP contribution in [0.15, 0.2) is 403 Å². The summed E-state index contributed by atoms with van der Waals surface area (Å²) in [7, 11) is 0. The Morgan fingerprint density at radius 2 is 0.504 bits per heavy atom. The smallest absolute Gasteiger partial charge is 0.147 e. The van der Waals surface area contributed by atoms with Crippen molar-refractivity contribution in [1.82, 2.24) is 0 Å². The van der Waals surface area contributed by atoms with E-state index < -0.39 is 0 Å². The van der Waals surface area contributed by atoms with E-state index in [2.05, 4.69) is 325 Å². The van der Waals surface area contributed by atoms with Gasteiger partial charge in [0, 0.05) is 58.3 Å². The van der Waals surface area contributed by atoms with E-state index in [0.29, 0.717) is 17.1 Å². The molecule has 0 fully saturated rings. The molecular formula is C117H84Br2F3N3. The fourth-order valence-corrected chi connectivity index (χ4v) is 21.3. The normalized spacial score (nSPS) is 13.3. The number of hydrogen-bond acceptors (Lipinski definition) is 3. The average molecular weight is 1750 g/mol. The lowest BCUT2D eigenvalue weighted by molar-refractivity contribution is 0.629. The molecule has 0 unspecified atom stereocenters. The first-order valence-electron chi connectivity index (χ1n) is 42.6. The molecule has 20 aromatic rings. The quantitative estimate of drug-likeness (QED) is 0.130. The molecule has 0 bridgehead atoms. The van der Waals surface area contributed by atoms with E-state index in [1.54, 1.807) is 18.2 Å². The molecule has 602 valence electrons. The van der Waals surface area contributed by atoms with Gasteiger partial charge in [0.15, 0.2) is 0 Å². The topological polar surface area (TPSA) is 18.5 Å². The lowest BCUT2D eigenvalue weighted by atomic mass is 9.82. The summed E-state index contributed by atoms with van der Waals surface area (Å²) in [6, 6.07) is 135. The van der Waals surface area contributed by atoms with E-state index in [4.69, 9.17) is 0 Å². The minimum absolute atomic E-state index is 0.0701. The Morgan fingerprint density at radius 3 is 0.888 bits per heavy atom. The molecule has 0 amide bonds. The maximum atomic E-state index is 17.7. The number of hydrogen-bond donors (Lipinski definition) is 1. The lowest BCUT2D eigenvalue weighted by Gasteiger charge is -2.32. The van der Waals surface area contributed by atoms with Crippen LogP contribution in [0, 0.1) is 17.5 Å². The highest BCUT2D eigenvalue weighted by Crippen LogP contribution is 2.60. The number of anilines is 8. The van der Waals surface area contributed by atoms with Gasteiger partial charge in [-0.25, -0.2) is 13.2 Å². The van der Waals surface area contributed by atoms with Crippen LogP contribution in [0.2, 0.25) is 0 Å². The molecule has 0 atom stereocenters. The molecule has 0 saturated heterocycles. The molecule has 0 spiro atoms. The lowest BCUT2D eigenvalue weighted by Crippen LogP contribution is -2.17. The Labute approximate surface area is 743 Å². The van der Waals surface area contributed by atoms with Crippen molar-refractivity contribution in [3.8, 4) is 66.8 Å². The average Bonchev–Trinajstić information content (AvgIpc) is 1.60. The zero-order chi connectivity index (χ0) is 85.1. The maximum Gasteiger partial charge on any atom is 0.147 e. The predicted molar refractivity (Wildman–Crippen MR) is 528 cm³/mol. The van der Waals surface area contributed by atoms with Gasteiger partial charge in [0.25, 0.3) is 0 Å². The van der Waals surface area contributed by atoms with E-state index >= 15 is 8.78 Å². The standard InChI is InChI=1S/C72H52F2N2.C27H22FN.C18H10Br2/c1-71(2)57-31-17-15-29-53(57)69-59(71)33-19-35-65(69)75(63-39-37-47(41-61(63)73)45-21-7-5-8-22-45)67-43-55-50-26-12-14-28-52(50)68(44-56(55)49-25-11-13-27-51(49)67)76(64-40-38-48(42-62(64)74)46-23-9-6-10-24-46)66-36-20-34-60-70(66)54-30-16-18-32-58(54)72(60,3)4;1-27(2)21-12-7-6-11-20(21)26-22(27)13-8-14-25(26)29-24-16-15-19(17-23(24)28)18-9-4-3-5-10-18;19-17-10-16-12-6-2-4-8-14(12)18(20)9-15(16)11-5-1-3-7-13(11)17/h5-44H,1-4H3;3-17,29H,1-2H3;1-10H. The molecule has 0 aliphatic heterocycles. The van der Waals surface area contributed by atoms with Gasteiger partial charge in [-0.1, -0.05) is 389 Å². The summed E-state index contributed by atoms with van der Waals surface area (Å²) < 4.78 is 52.7. The second-order valence-electron chi connectivity index (χ2n) is 34.4. The molecule has 8 heteroatoms. The van der Waals surface area contributed by atoms with E-state index in [1.165, 1.54) is 76.8 Å². The van der Waals surface area contributed by atoms with Gasteiger partial charge in [0.05, 0.1) is 39.8 Å². The van der Waals surface area contributed by atoms with Crippen LogP contribution >= 0.6 is 31.9 Å². The zero-order valence-electron chi connectivity index (χ0n) is 69.8. The second kappa shape index (κ2) is 31.2. The van der Waals surface area contributed by atoms with Crippen molar-refractivity contribution in [3.05, 3.63) is 454 Å². The number of rotatable bonds is 11. The fourth-order valence-electron chi connectivity index (χ4n) is 20.2. The Bertz CT molecular complexity index is 7390. The van der Waals surface area contributed by atoms with Crippen molar-refractivity contribution in [2.24, 2.45) is 0 Å². The summed E-state index contributed by atoms with van der Waals surface area (Å²) >= 11 is 7.42. The summed E-state index contributed by atoms with van der Waals surface area (Å²) in [6.07, 6.45) is 0. The van der Waals surface area contributed by atoms with Crippen molar-refractivity contribution in [1.29, 1.82) is 0 Å². The van der Waals surface area contributed by atoms with Crippen molar-refractivity contribution in [2.75, 3.05) is 15.1 Å². The van der Waals surface area contributed by atoms with E-state index in [9.17, 15) is 4.39 Å². The van der Waals surface area contributed by atoms with E-state index in [-0.39, 0.29) is 33.7 Å². The molecule has 0 radical (unpaired) electrons. The Morgan fingerprint density at radius 1 is 0.208 bits per heavy atom. The number of fused-ring (bicyclic) bond motifs is 19. The van der Waals surface area contributed by atoms with Crippen LogP contribution in [0.4, 0.5) is 58.7 Å². The van der Waals surface area contributed by atoms with Crippen LogP contribution in [0.3, 0.4) is 0 Å². The molecule has 0 heterocycles. The third-order valence-electron chi connectivity index (χ3n) is 26.3. The van der Waals surface area contributed by atoms with Gasteiger partial charge in [-0.2, -0.15) is 0 Å². The van der Waals surface area contributed by atoms with Crippen LogP contribution in [-0.2, 0) is 16.2 Å².